The molecular weight excluding hydrogens is 318 g/mol. The van der Waals surface area contributed by atoms with E-state index >= 15 is 0 Å². The molecule has 3 rings (SSSR count). The third-order valence-corrected chi connectivity index (χ3v) is 4.45. The van der Waals surface area contributed by atoms with Crippen LogP contribution in [0.3, 0.4) is 0 Å². The number of benzene rings is 2. The predicted molar refractivity (Wildman–Crippen MR) is 96.7 cm³/mol. The lowest BCUT2D eigenvalue weighted by molar-refractivity contribution is -0.385. The van der Waals surface area contributed by atoms with Crippen LogP contribution in [-0.4, -0.2) is 28.8 Å². The van der Waals surface area contributed by atoms with Crippen LogP contribution in [-0.2, 0) is 6.54 Å². The molecule has 6 heteroatoms. The predicted octanol–water partition coefficient (Wildman–Crippen LogP) is 3.75. The maximum absolute atomic E-state index is 12.5. The van der Waals surface area contributed by atoms with Crippen LogP contribution in [0.4, 0.5) is 11.4 Å². The molecule has 0 bridgehead atoms. The minimum absolute atomic E-state index is 0.0787. The summed E-state index contributed by atoms with van der Waals surface area (Å²) >= 11 is 0. The molecule has 1 aliphatic heterocycles. The van der Waals surface area contributed by atoms with Crippen LogP contribution in [0.1, 0.15) is 34.3 Å². The molecule has 0 saturated carbocycles. The summed E-state index contributed by atoms with van der Waals surface area (Å²) in [5, 5.41) is 14.1. The second-order valence-electron chi connectivity index (χ2n) is 6.37. The van der Waals surface area contributed by atoms with Gasteiger partial charge in [0.25, 0.3) is 11.6 Å². The molecule has 0 unspecified atom stereocenters. The van der Waals surface area contributed by atoms with Crippen molar-refractivity contribution in [2.75, 3.05) is 18.4 Å². The third kappa shape index (κ3) is 4.03. The summed E-state index contributed by atoms with van der Waals surface area (Å²) in [5.74, 6) is -0.464. The van der Waals surface area contributed by atoms with E-state index in [4.69, 9.17) is 0 Å². The van der Waals surface area contributed by atoms with Gasteiger partial charge in [0.2, 0.25) is 0 Å². The zero-order valence-corrected chi connectivity index (χ0v) is 14.2. The standard InChI is InChI=1S/C19H21N3O3/c1-14-6-4-9-17(18(14)22(24)25)19(23)20-16-8-5-7-15(12-16)13-21-10-2-3-11-21/h4-9,12H,2-3,10-11,13H2,1H3,(H,20,23). The minimum Gasteiger partial charge on any atom is -0.322 e. The Labute approximate surface area is 146 Å². The third-order valence-electron chi connectivity index (χ3n) is 4.45. The van der Waals surface area contributed by atoms with E-state index in [1.165, 1.54) is 18.9 Å². The van der Waals surface area contributed by atoms with Gasteiger partial charge in [-0.25, -0.2) is 0 Å². The number of carbonyl (C=O) groups is 1. The molecule has 1 saturated heterocycles. The summed E-state index contributed by atoms with van der Waals surface area (Å²) in [6.07, 6.45) is 2.46. The van der Waals surface area contributed by atoms with E-state index in [2.05, 4.69) is 10.2 Å². The molecule has 0 aromatic heterocycles. The number of nitro groups is 1. The van der Waals surface area contributed by atoms with Crippen LogP contribution in [0.2, 0.25) is 0 Å². The van der Waals surface area contributed by atoms with Crippen LogP contribution in [0.25, 0.3) is 0 Å². The Morgan fingerprint density at radius 3 is 2.64 bits per heavy atom. The van der Waals surface area contributed by atoms with Crippen LogP contribution >= 0.6 is 0 Å². The fraction of sp³-hybridized carbons (Fsp3) is 0.316. The zero-order chi connectivity index (χ0) is 17.8. The molecule has 0 radical (unpaired) electrons. The first-order chi connectivity index (χ1) is 12.0. The summed E-state index contributed by atoms with van der Waals surface area (Å²) in [7, 11) is 0. The van der Waals surface area contributed by atoms with Gasteiger partial charge in [-0.1, -0.05) is 24.3 Å². The molecule has 1 N–H and O–H groups in total. The number of nitro benzene ring substituents is 1. The maximum atomic E-state index is 12.5. The number of likely N-dealkylation sites (tertiary alicyclic amines) is 1. The lowest BCUT2D eigenvalue weighted by Gasteiger charge is -2.15. The fourth-order valence-electron chi connectivity index (χ4n) is 3.23. The topological polar surface area (TPSA) is 75.5 Å². The number of rotatable bonds is 5. The number of nitrogens with one attached hydrogen (secondary N) is 1. The van der Waals surface area contributed by atoms with Gasteiger partial charge in [-0.2, -0.15) is 0 Å². The van der Waals surface area contributed by atoms with Gasteiger partial charge in [-0.15, -0.1) is 0 Å². The summed E-state index contributed by atoms with van der Waals surface area (Å²) in [6, 6.07) is 12.4. The SMILES string of the molecule is Cc1cccc(C(=O)Nc2cccc(CN3CCCC3)c2)c1[N+](=O)[O-]. The van der Waals surface area contributed by atoms with E-state index in [1.807, 2.05) is 18.2 Å². The smallest absolute Gasteiger partial charge is 0.285 e. The zero-order valence-electron chi connectivity index (χ0n) is 14.2. The highest BCUT2D eigenvalue weighted by molar-refractivity contribution is 6.07. The average molecular weight is 339 g/mol. The first-order valence-corrected chi connectivity index (χ1v) is 8.41. The first kappa shape index (κ1) is 17.1. The van der Waals surface area contributed by atoms with Crippen molar-refractivity contribution in [2.45, 2.75) is 26.3 Å². The van der Waals surface area contributed by atoms with Gasteiger partial charge in [0.05, 0.1) is 4.92 Å². The molecule has 25 heavy (non-hydrogen) atoms. The summed E-state index contributed by atoms with van der Waals surface area (Å²) in [5.41, 5.74) is 2.18. The quantitative estimate of drug-likeness (QED) is 0.665. The highest BCUT2D eigenvalue weighted by Gasteiger charge is 2.22. The Morgan fingerprint density at radius 2 is 1.92 bits per heavy atom. The van der Waals surface area contributed by atoms with Gasteiger partial charge in [0.15, 0.2) is 0 Å². The van der Waals surface area contributed by atoms with Gasteiger partial charge < -0.3 is 5.32 Å². The summed E-state index contributed by atoms with van der Waals surface area (Å²) in [4.78, 5) is 25.7. The Balaban J connectivity index is 1.77. The van der Waals surface area contributed by atoms with Crippen LogP contribution in [0, 0.1) is 17.0 Å². The Morgan fingerprint density at radius 1 is 1.20 bits per heavy atom. The number of aryl methyl sites for hydroxylation is 1. The van der Waals surface area contributed by atoms with Crippen molar-refractivity contribution < 1.29 is 9.72 Å². The molecule has 1 aliphatic rings. The molecule has 1 fully saturated rings. The van der Waals surface area contributed by atoms with Crippen LogP contribution in [0.5, 0.6) is 0 Å². The average Bonchev–Trinajstić information content (AvgIpc) is 3.07. The molecule has 0 aliphatic carbocycles. The van der Waals surface area contributed by atoms with Crippen molar-refractivity contribution in [1.29, 1.82) is 0 Å². The van der Waals surface area contributed by atoms with E-state index in [1.54, 1.807) is 25.1 Å². The van der Waals surface area contributed by atoms with E-state index in [9.17, 15) is 14.9 Å². The Hall–Kier alpha value is -2.73. The van der Waals surface area contributed by atoms with E-state index in [0.29, 0.717) is 11.3 Å². The number of nitrogens with zero attached hydrogens (tertiary/aromatic N) is 2. The first-order valence-electron chi connectivity index (χ1n) is 8.41. The summed E-state index contributed by atoms with van der Waals surface area (Å²) < 4.78 is 0. The van der Waals surface area contributed by atoms with Crippen LogP contribution in [0.15, 0.2) is 42.5 Å². The molecule has 130 valence electrons. The molecule has 6 nitrogen and oxygen atoms in total. The van der Waals surface area contributed by atoms with E-state index in [0.717, 1.165) is 25.2 Å². The molecule has 0 atom stereocenters. The number of carbonyl (C=O) groups excluding carboxylic acids is 1. The lowest BCUT2D eigenvalue weighted by atomic mass is 10.1. The Bertz CT molecular complexity index is 798. The van der Waals surface area contributed by atoms with Crippen molar-refractivity contribution >= 4 is 17.3 Å². The summed E-state index contributed by atoms with van der Waals surface area (Å²) in [6.45, 7) is 4.69. The Kier molecular flexibility index (Phi) is 5.09. The van der Waals surface area contributed by atoms with Gasteiger partial charge in [-0.3, -0.25) is 19.8 Å². The van der Waals surface area contributed by atoms with Gasteiger partial charge in [-0.05, 0) is 56.6 Å². The number of para-hydroxylation sites is 1. The van der Waals surface area contributed by atoms with Crippen molar-refractivity contribution in [3.63, 3.8) is 0 Å². The van der Waals surface area contributed by atoms with Gasteiger partial charge in [0, 0.05) is 17.8 Å². The molecule has 1 heterocycles. The van der Waals surface area contributed by atoms with Crippen molar-refractivity contribution in [1.82, 2.24) is 4.90 Å². The number of anilines is 1. The molecule has 0 spiro atoms. The number of hydrogen-bond donors (Lipinski definition) is 1. The second-order valence-corrected chi connectivity index (χ2v) is 6.37. The van der Waals surface area contributed by atoms with Crippen LogP contribution < -0.4 is 5.32 Å². The van der Waals surface area contributed by atoms with Crippen molar-refractivity contribution in [2.24, 2.45) is 0 Å². The second kappa shape index (κ2) is 7.44. The normalized spacial score (nSPS) is 14.4. The number of hydrogen-bond acceptors (Lipinski definition) is 4. The molecular formula is C19H21N3O3. The van der Waals surface area contributed by atoms with Crippen molar-refractivity contribution in [3.8, 4) is 0 Å². The lowest BCUT2D eigenvalue weighted by Crippen LogP contribution is -2.18. The van der Waals surface area contributed by atoms with Crippen molar-refractivity contribution in [3.05, 3.63) is 69.3 Å². The van der Waals surface area contributed by atoms with E-state index in [-0.39, 0.29) is 11.3 Å². The minimum atomic E-state index is -0.506. The largest absolute Gasteiger partial charge is 0.322 e. The monoisotopic (exact) mass is 339 g/mol. The van der Waals surface area contributed by atoms with E-state index < -0.39 is 10.8 Å². The number of amides is 1. The molecule has 2 aromatic carbocycles. The molecule has 2 aromatic rings. The highest BCUT2D eigenvalue weighted by Crippen LogP contribution is 2.24. The van der Waals surface area contributed by atoms with Gasteiger partial charge in [0.1, 0.15) is 5.56 Å². The van der Waals surface area contributed by atoms with Gasteiger partial charge >= 0.3 is 0 Å². The maximum Gasteiger partial charge on any atom is 0.285 e. The fourth-order valence-corrected chi connectivity index (χ4v) is 3.23. The highest BCUT2D eigenvalue weighted by atomic mass is 16.6. The molecule has 1 amide bonds.